The quantitative estimate of drug-likeness (QED) is 0.212. The summed E-state index contributed by atoms with van der Waals surface area (Å²) in [6.45, 7) is 7.07. The third-order valence-electron chi connectivity index (χ3n) is 9.42. The summed E-state index contributed by atoms with van der Waals surface area (Å²) >= 11 is 1.71. The molecule has 3 aliphatic rings. The zero-order valence-electron chi connectivity index (χ0n) is 24.6. The molecule has 2 fully saturated rings. The van der Waals surface area contributed by atoms with E-state index in [0.717, 1.165) is 45.2 Å². The summed E-state index contributed by atoms with van der Waals surface area (Å²) in [5.41, 5.74) is 5.98. The van der Waals surface area contributed by atoms with Crippen molar-refractivity contribution in [1.29, 1.82) is 0 Å². The molecule has 6 heteroatoms. The van der Waals surface area contributed by atoms with Crippen LogP contribution in [0.1, 0.15) is 49.0 Å². The maximum Gasteiger partial charge on any atom is 0.205 e. The highest BCUT2D eigenvalue weighted by atomic mass is 32.1. The average Bonchev–Trinajstić information content (AvgIpc) is 3.76. The fourth-order valence-corrected chi connectivity index (χ4v) is 8.59. The smallest absolute Gasteiger partial charge is 0.205 e. The van der Waals surface area contributed by atoms with Gasteiger partial charge in [-0.05, 0) is 36.1 Å². The van der Waals surface area contributed by atoms with Crippen LogP contribution in [0.5, 0.6) is 5.75 Å². The second kappa shape index (κ2) is 10.9. The van der Waals surface area contributed by atoms with Gasteiger partial charge < -0.3 is 14.8 Å². The van der Waals surface area contributed by atoms with Gasteiger partial charge in [0.05, 0.1) is 10.2 Å². The van der Waals surface area contributed by atoms with Gasteiger partial charge in [0.2, 0.25) is 5.79 Å². The minimum Gasteiger partial charge on any atom is -0.463 e. The Morgan fingerprint density at radius 1 is 0.930 bits per heavy atom. The minimum atomic E-state index is -0.714. The highest BCUT2D eigenvalue weighted by Gasteiger charge is 2.50. The van der Waals surface area contributed by atoms with Gasteiger partial charge in [-0.1, -0.05) is 91.0 Å². The second-order valence-electron chi connectivity index (χ2n) is 12.6. The first-order chi connectivity index (χ1) is 21.0. The molecule has 0 aliphatic carbocycles. The van der Waals surface area contributed by atoms with Crippen molar-refractivity contribution in [2.45, 2.75) is 50.2 Å². The first-order valence-corrected chi connectivity index (χ1v) is 16.3. The van der Waals surface area contributed by atoms with E-state index in [1.807, 2.05) is 19.9 Å². The molecule has 1 aromatic heterocycles. The summed E-state index contributed by atoms with van der Waals surface area (Å²) in [7, 11) is 0. The van der Waals surface area contributed by atoms with E-state index in [2.05, 4.69) is 107 Å². The molecular weight excluding hydrogens is 550 g/mol. The standard InChI is InChI=1S/C37H37N3O2S/c1-37(2)41-30-21-32-29(39-36(43-32)26-16-10-5-11-17-26)20-28(30)31(42-37)22-38-34-27-18-19-40(23-27)35(34)33(24-12-6-3-7-13-24)25-14-8-4-9-15-25/h3-17,20-21,27,31,33-35,38H,18-19,22-23H2,1-2H3. The van der Waals surface area contributed by atoms with Crippen molar-refractivity contribution in [3.63, 3.8) is 0 Å². The number of benzene rings is 4. The lowest BCUT2D eigenvalue weighted by atomic mass is 9.78. The van der Waals surface area contributed by atoms with E-state index >= 15 is 0 Å². The molecule has 218 valence electrons. The van der Waals surface area contributed by atoms with Crippen molar-refractivity contribution in [1.82, 2.24) is 15.2 Å². The van der Waals surface area contributed by atoms with Crippen LogP contribution in [0, 0.1) is 5.92 Å². The highest BCUT2D eigenvalue weighted by molar-refractivity contribution is 7.21. The van der Waals surface area contributed by atoms with Gasteiger partial charge in [0, 0.05) is 62.1 Å². The summed E-state index contributed by atoms with van der Waals surface area (Å²) in [5.74, 6) is 1.12. The SMILES string of the molecule is CC1(C)Oc2cc3sc(-c4ccccc4)nc3cc2C(CNC2C3CCN(C3)C2C(c2ccccc2)c2ccccc2)O1. The predicted molar refractivity (Wildman–Crippen MR) is 174 cm³/mol. The van der Waals surface area contributed by atoms with Crippen molar-refractivity contribution < 1.29 is 9.47 Å². The van der Waals surface area contributed by atoms with Crippen molar-refractivity contribution in [3.05, 3.63) is 120 Å². The molecule has 0 amide bonds. The lowest BCUT2D eigenvalue weighted by Gasteiger charge is -2.41. The fourth-order valence-electron chi connectivity index (χ4n) is 7.60. The third kappa shape index (κ3) is 5.06. The van der Waals surface area contributed by atoms with Crippen LogP contribution in [0.15, 0.2) is 103 Å². The first-order valence-electron chi connectivity index (χ1n) is 15.5. The molecule has 3 aliphatic heterocycles. The Hall–Kier alpha value is -3.55. The molecule has 43 heavy (non-hydrogen) atoms. The van der Waals surface area contributed by atoms with Gasteiger partial charge >= 0.3 is 0 Å². The molecule has 4 heterocycles. The number of nitrogens with one attached hydrogen (secondary N) is 1. The normalized spacial score (nSPS) is 25.6. The molecule has 5 nitrogen and oxygen atoms in total. The lowest BCUT2D eigenvalue weighted by Crippen LogP contribution is -2.52. The van der Waals surface area contributed by atoms with Gasteiger partial charge in [-0.3, -0.25) is 4.90 Å². The van der Waals surface area contributed by atoms with Crippen LogP contribution in [0.3, 0.4) is 0 Å². The van der Waals surface area contributed by atoms with E-state index in [-0.39, 0.29) is 6.10 Å². The van der Waals surface area contributed by atoms with Gasteiger partial charge in [0.15, 0.2) is 0 Å². The highest BCUT2D eigenvalue weighted by Crippen LogP contribution is 2.45. The summed E-state index contributed by atoms with van der Waals surface area (Å²) < 4.78 is 14.1. The molecule has 4 aromatic carbocycles. The monoisotopic (exact) mass is 587 g/mol. The molecule has 2 saturated heterocycles. The van der Waals surface area contributed by atoms with Gasteiger partial charge in [0.25, 0.3) is 0 Å². The van der Waals surface area contributed by atoms with E-state index in [4.69, 9.17) is 14.5 Å². The predicted octanol–water partition coefficient (Wildman–Crippen LogP) is 7.64. The third-order valence-corrected chi connectivity index (χ3v) is 10.5. The van der Waals surface area contributed by atoms with E-state index in [1.165, 1.54) is 24.1 Å². The number of hydrogen-bond donors (Lipinski definition) is 1. The van der Waals surface area contributed by atoms with Gasteiger partial charge in [-0.2, -0.15) is 0 Å². The molecule has 1 N–H and O–H groups in total. The molecule has 0 spiro atoms. The van der Waals surface area contributed by atoms with Crippen LogP contribution >= 0.6 is 11.3 Å². The van der Waals surface area contributed by atoms with Crippen LogP contribution < -0.4 is 10.1 Å². The topological polar surface area (TPSA) is 46.6 Å². The number of thiazole rings is 1. The average molecular weight is 588 g/mol. The van der Waals surface area contributed by atoms with E-state index in [1.54, 1.807) is 11.3 Å². The molecule has 0 radical (unpaired) electrons. The Morgan fingerprint density at radius 3 is 2.30 bits per heavy atom. The summed E-state index contributed by atoms with van der Waals surface area (Å²) in [5, 5.41) is 5.10. The number of aromatic nitrogens is 1. The van der Waals surface area contributed by atoms with Gasteiger partial charge in [-0.15, -0.1) is 11.3 Å². The molecule has 5 atom stereocenters. The molecule has 8 rings (SSSR count). The molecule has 5 aromatic rings. The summed E-state index contributed by atoms with van der Waals surface area (Å²) in [4.78, 5) is 7.74. The van der Waals surface area contributed by atoms with Crippen LogP contribution in [0.4, 0.5) is 0 Å². The molecule has 2 bridgehead atoms. The van der Waals surface area contributed by atoms with Crippen molar-refractivity contribution in [3.8, 4) is 16.3 Å². The fraction of sp³-hybridized carbons (Fsp3) is 0.324. The van der Waals surface area contributed by atoms with Crippen LogP contribution in [-0.2, 0) is 4.74 Å². The molecule has 0 saturated carbocycles. The number of nitrogens with zero attached hydrogens (tertiary/aromatic N) is 2. The number of fused-ring (bicyclic) bond motifs is 4. The molecule has 5 unspecified atom stereocenters. The molecular formula is C37H37N3O2S. The zero-order chi connectivity index (χ0) is 29.0. The van der Waals surface area contributed by atoms with E-state index in [9.17, 15) is 0 Å². The Balaban J connectivity index is 1.11. The second-order valence-corrected chi connectivity index (χ2v) is 13.6. The van der Waals surface area contributed by atoms with Crippen LogP contribution in [-0.4, -0.2) is 47.4 Å². The van der Waals surface area contributed by atoms with E-state index < -0.39 is 5.79 Å². The maximum absolute atomic E-state index is 6.62. The largest absolute Gasteiger partial charge is 0.463 e. The van der Waals surface area contributed by atoms with Crippen LogP contribution in [0.2, 0.25) is 0 Å². The maximum atomic E-state index is 6.62. The van der Waals surface area contributed by atoms with Gasteiger partial charge in [0.1, 0.15) is 16.9 Å². The van der Waals surface area contributed by atoms with Crippen LogP contribution in [0.25, 0.3) is 20.8 Å². The Kier molecular flexibility index (Phi) is 6.83. The summed E-state index contributed by atoms with van der Waals surface area (Å²) in [6, 6.07) is 37.6. The first kappa shape index (κ1) is 27.0. The van der Waals surface area contributed by atoms with E-state index in [0.29, 0.717) is 23.9 Å². The Bertz CT molecular complexity index is 1680. The number of ether oxygens (including phenoxy) is 2. The van der Waals surface area contributed by atoms with Gasteiger partial charge in [-0.25, -0.2) is 4.98 Å². The Labute approximate surface area is 257 Å². The number of rotatable bonds is 7. The zero-order valence-corrected chi connectivity index (χ0v) is 25.5. The van der Waals surface area contributed by atoms with Crippen molar-refractivity contribution in [2.75, 3.05) is 19.6 Å². The van der Waals surface area contributed by atoms with Crippen molar-refractivity contribution in [2.24, 2.45) is 5.92 Å². The number of hydrogen-bond acceptors (Lipinski definition) is 6. The number of piperidine rings is 1. The summed E-state index contributed by atoms with van der Waals surface area (Å²) in [6.07, 6.45) is 1.11. The van der Waals surface area contributed by atoms with Crippen molar-refractivity contribution >= 4 is 21.6 Å². The minimum absolute atomic E-state index is 0.133. The Morgan fingerprint density at radius 2 is 1.60 bits per heavy atom. The lowest BCUT2D eigenvalue weighted by molar-refractivity contribution is -0.206.